The molecule has 116 valence electrons. The van der Waals surface area contributed by atoms with Gasteiger partial charge in [0.25, 0.3) is 0 Å². The summed E-state index contributed by atoms with van der Waals surface area (Å²) in [5.41, 5.74) is 6.76. The highest BCUT2D eigenvalue weighted by atomic mass is 16.5. The van der Waals surface area contributed by atoms with Gasteiger partial charge in [-0.2, -0.15) is 0 Å². The predicted molar refractivity (Wildman–Crippen MR) is 86.0 cm³/mol. The Hall–Kier alpha value is -1.03. The first-order valence-electron chi connectivity index (χ1n) is 7.98. The van der Waals surface area contributed by atoms with E-state index in [9.17, 15) is 0 Å². The van der Waals surface area contributed by atoms with E-state index in [4.69, 9.17) is 10.5 Å². The Labute approximate surface area is 123 Å². The van der Waals surface area contributed by atoms with E-state index in [1.807, 2.05) is 6.92 Å². The Bertz CT molecular complexity index is 296. The summed E-state index contributed by atoms with van der Waals surface area (Å²) >= 11 is 0. The summed E-state index contributed by atoms with van der Waals surface area (Å²) in [6, 6.07) is 0. The Morgan fingerprint density at radius 1 is 1.25 bits per heavy atom. The minimum Gasteiger partial charge on any atom is -0.378 e. The second-order valence-electron chi connectivity index (χ2n) is 5.78. The van der Waals surface area contributed by atoms with Crippen LogP contribution in [-0.2, 0) is 4.74 Å². The van der Waals surface area contributed by atoms with Crippen molar-refractivity contribution in [3.05, 3.63) is 12.2 Å². The average Bonchev–Trinajstić information content (AvgIpc) is 2.45. The first-order chi connectivity index (χ1) is 9.68. The largest absolute Gasteiger partial charge is 0.378 e. The maximum Gasteiger partial charge on any atom is 0.188 e. The van der Waals surface area contributed by atoms with Gasteiger partial charge in [0.15, 0.2) is 5.96 Å². The van der Waals surface area contributed by atoms with E-state index in [1.165, 1.54) is 38.5 Å². The molecule has 1 aliphatic carbocycles. The molecule has 0 spiro atoms. The van der Waals surface area contributed by atoms with Crippen LogP contribution in [-0.4, -0.2) is 31.8 Å². The number of nitrogens with zero attached hydrogens (tertiary/aromatic N) is 1. The fourth-order valence-corrected chi connectivity index (χ4v) is 2.38. The maximum absolute atomic E-state index is 5.90. The van der Waals surface area contributed by atoms with Gasteiger partial charge >= 0.3 is 0 Å². The molecule has 0 aromatic heterocycles. The zero-order valence-corrected chi connectivity index (χ0v) is 13.0. The van der Waals surface area contributed by atoms with Gasteiger partial charge in [-0.05, 0) is 39.0 Å². The SMILES string of the molecule is C=C(C)CN=C(N)NCCCCCOC1CCCCC1. The molecule has 0 aliphatic heterocycles. The van der Waals surface area contributed by atoms with Crippen LogP contribution in [0.25, 0.3) is 0 Å². The molecule has 1 fully saturated rings. The molecule has 0 amide bonds. The number of rotatable bonds is 9. The summed E-state index contributed by atoms with van der Waals surface area (Å²) in [4.78, 5) is 4.18. The van der Waals surface area contributed by atoms with E-state index >= 15 is 0 Å². The molecule has 0 aromatic carbocycles. The van der Waals surface area contributed by atoms with E-state index in [0.29, 0.717) is 18.6 Å². The van der Waals surface area contributed by atoms with Crippen molar-refractivity contribution in [2.75, 3.05) is 19.7 Å². The van der Waals surface area contributed by atoms with Gasteiger partial charge in [-0.1, -0.05) is 31.4 Å². The lowest BCUT2D eigenvalue weighted by molar-refractivity contribution is 0.0264. The van der Waals surface area contributed by atoms with Crippen molar-refractivity contribution in [2.45, 2.75) is 64.4 Å². The average molecular weight is 281 g/mol. The highest BCUT2D eigenvalue weighted by Gasteiger charge is 2.12. The van der Waals surface area contributed by atoms with Gasteiger partial charge in [0.1, 0.15) is 0 Å². The van der Waals surface area contributed by atoms with Crippen LogP contribution in [0.2, 0.25) is 0 Å². The van der Waals surface area contributed by atoms with Gasteiger partial charge in [-0.15, -0.1) is 0 Å². The number of nitrogens with two attached hydrogens (primary N) is 1. The summed E-state index contributed by atoms with van der Waals surface area (Å²) in [6.45, 7) is 8.13. The van der Waals surface area contributed by atoms with Gasteiger partial charge in [0.2, 0.25) is 0 Å². The Morgan fingerprint density at radius 2 is 2.00 bits per heavy atom. The summed E-state index contributed by atoms with van der Waals surface area (Å²) in [5.74, 6) is 0.520. The summed E-state index contributed by atoms with van der Waals surface area (Å²) in [6.07, 6.45) is 10.6. The molecule has 0 atom stereocenters. The molecule has 0 saturated heterocycles. The van der Waals surface area contributed by atoms with Crippen LogP contribution in [0.3, 0.4) is 0 Å². The fourth-order valence-electron chi connectivity index (χ4n) is 2.38. The molecule has 0 bridgehead atoms. The standard InChI is InChI=1S/C16H31N3O/c1-14(2)13-19-16(17)18-11-7-4-8-12-20-15-9-5-3-6-10-15/h15H,1,3-13H2,2H3,(H3,17,18,19). The van der Waals surface area contributed by atoms with Crippen LogP contribution in [0.1, 0.15) is 58.3 Å². The third kappa shape index (κ3) is 8.97. The topological polar surface area (TPSA) is 59.6 Å². The van der Waals surface area contributed by atoms with Crippen LogP contribution in [0.5, 0.6) is 0 Å². The molecule has 0 radical (unpaired) electrons. The molecular formula is C16H31N3O. The molecule has 0 aromatic rings. The van der Waals surface area contributed by atoms with E-state index in [-0.39, 0.29) is 0 Å². The number of unbranched alkanes of at least 4 members (excludes halogenated alkanes) is 2. The van der Waals surface area contributed by atoms with Crippen molar-refractivity contribution >= 4 is 5.96 Å². The monoisotopic (exact) mass is 281 g/mol. The minimum absolute atomic E-state index is 0.520. The fraction of sp³-hybridized carbons (Fsp3) is 0.812. The van der Waals surface area contributed by atoms with E-state index < -0.39 is 0 Å². The normalized spacial score (nSPS) is 17.1. The number of guanidine groups is 1. The zero-order chi connectivity index (χ0) is 14.6. The second-order valence-corrected chi connectivity index (χ2v) is 5.78. The molecule has 20 heavy (non-hydrogen) atoms. The van der Waals surface area contributed by atoms with E-state index in [0.717, 1.165) is 31.6 Å². The first-order valence-corrected chi connectivity index (χ1v) is 7.98. The third-order valence-corrected chi connectivity index (χ3v) is 3.55. The lowest BCUT2D eigenvalue weighted by Crippen LogP contribution is -2.32. The van der Waals surface area contributed by atoms with Crippen LogP contribution < -0.4 is 11.1 Å². The smallest absolute Gasteiger partial charge is 0.188 e. The van der Waals surface area contributed by atoms with E-state index in [1.54, 1.807) is 0 Å². The third-order valence-electron chi connectivity index (χ3n) is 3.55. The molecule has 0 heterocycles. The summed E-state index contributed by atoms with van der Waals surface area (Å²) in [5, 5.41) is 3.12. The highest BCUT2D eigenvalue weighted by Crippen LogP contribution is 2.20. The van der Waals surface area contributed by atoms with Gasteiger partial charge in [0.05, 0.1) is 12.6 Å². The van der Waals surface area contributed by atoms with Gasteiger partial charge < -0.3 is 15.8 Å². The Morgan fingerprint density at radius 3 is 2.70 bits per heavy atom. The van der Waals surface area contributed by atoms with E-state index in [2.05, 4.69) is 16.9 Å². The molecular weight excluding hydrogens is 250 g/mol. The van der Waals surface area contributed by atoms with Crippen LogP contribution in [0, 0.1) is 0 Å². The maximum atomic E-state index is 5.90. The van der Waals surface area contributed by atoms with Crippen molar-refractivity contribution < 1.29 is 4.74 Å². The van der Waals surface area contributed by atoms with Crippen molar-refractivity contribution in [1.29, 1.82) is 0 Å². The van der Waals surface area contributed by atoms with Crippen LogP contribution >= 0.6 is 0 Å². The molecule has 1 rings (SSSR count). The summed E-state index contributed by atoms with van der Waals surface area (Å²) in [7, 11) is 0. The molecule has 3 N–H and O–H groups in total. The first kappa shape index (κ1) is 17.0. The molecule has 0 unspecified atom stereocenters. The lowest BCUT2D eigenvalue weighted by atomic mass is 9.98. The van der Waals surface area contributed by atoms with Gasteiger partial charge in [0, 0.05) is 13.2 Å². The predicted octanol–water partition coefficient (Wildman–Crippen LogP) is 2.99. The second kappa shape index (κ2) is 10.7. The van der Waals surface area contributed by atoms with Crippen LogP contribution in [0.15, 0.2) is 17.1 Å². The molecule has 1 saturated carbocycles. The quantitative estimate of drug-likeness (QED) is 0.296. The van der Waals surface area contributed by atoms with Crippen LogP contribution in [0.4, 0.5) is 0 Å². The minimum atomic E-state index is 0.520. The van der Waals surface area contributed by atoms with Gasteiger partial charge in [-0.3, -0.25) is 0 Å². The highest BCUT2D eigenvalue weighted by molar-refractivity contribution is 5.77. The Balaban J connectivity index is 1.89. The van der Waals surface area contributed by atoms with Crippen molar-refractivity contribution in [3.63, 3.8) is 0 Å². The zero-order valence-electron chi connectivity index (χ0n) is 13.0. The summed E-state index contributed by atoms with van der Waals surface area (Å²) < 4.78 is 5.90. The number of ether oxygens (including phenoxy) is 1. The van der Waals surface area contributed by atoms with Crippen molar-refractivity contribution in [2.24, 2.45) is 10.7 Å². The van der Waals surface area contributed by atoms with Crippen molar-refractivity contribution in [1.82, 2.24) is 5.32 Å². The number of hydrogen-bond acceptors (Lipinski definition) is 2. The van der Waals surface area contributed by atoms with Crippen molar-refractivity contribution in [3.8, 4) is 0 Å². The molecule has 4 heteroatoms. The van der Waals surface area contributed by atoms with Gasteiger partial charge in [-0.25, -0.2) is 4.99 Å². The lowest BCUT2D eigenvalue weighted by Gasteiger charge is -2.21. The molecule has 4 nitrogen and oxygen atoms in total. The number of nitrogens with one attached hydrogen (secondary N) is 1. The molecule has 1 aliphatic rings. The Kier molecular flexibility index (Phi) is 9.13. The number of hydrogen-bond donors (Lipinski definition) is 2. The number of aliphatic imine (C=N–C) groups is 1.